The van der Waals surface area contributed by atoms with Gasteiger partial charge in [-0.05, 0) is 25.8 Å². The first-order valence-corrected chi connectivity index (χ1v) is 8.53. The molecule has 4 nitrogen and oxygen atoms in total. The fourth-order valence-electron chi connectivity index (χ4n) is 2.86. The predicted octanol–water partition coefficient (Wildman–Crippen LogP) is 0.768. The summed E-state index contributed by atoms with van der Waals surface area (Å²) < 4.78 is 22.6. The van der Waals surface area contributed by atoms with Gasteiger partial charge in [-0.15, -0.1) is 0 Å². The van der Waals surface area contributed by atoms with Gasteiger partial charge < -0.3 is 10.6 Å². The molecule has 0 bridgehead atoms. The SMILES string of the molecule is NC1(CCN2CCS(=O)(=O)CC2)CCCCC1. The first kappa shape index (κ1) is 13.3. The molecule has 0 radical (unpaired) electrons. The predicted molar refractivity (Wildman–Crippen MR) is 69.7 cm³/mol. The normalized spacial score (nSPS) is 29.0. The van der Waals surface area contributed by atoms with Crippen LogP contribution in [0.1, 0.15) is 38.5 Å². The second-order valence-electron chi connectivity index (χ2n) is 5.67. The van der Waals surface area contributed by atoms with Crippen LogP contribution in [0.15, 0.2) is 0 Å². The van der Waals surface area contributed by atoms with E-state index < -0.39 is 9.84 Å². The average Bonchev–Trinajstić information content (AvgIpc) is 2.29. The van der Waals surface area contributed by atoms with Crippen molar-refractivity contribution in [2.75, 3.05) is 31.1 Å². The van der Waals surface area contributed by atoms with Crippen LogP contribution >= 0.6 is 0 Å². The minimum absolute atomic E-state index is 0.0224. The summed E-state index contributed by atoms with van der Waals surface area (Å²) >= 11 is 0. The topological polar surface area (TPSA) is 63.4 Å². The van der Waals surface area contributed by atoms with E-state index in [-0.39, 0.29) is 5.54 Å². The van der Waals surface area contributed by atoms with Crippen molar-refractivity contribution in [1.29, 1.82) is 0 Å². The minimum Gasteiger partial charge on any atom is -0.325 e. The van der Waals surface area contributed by atoms with E-state index in [2.05, 4.69) is 4.90 Å². The molecule has 5 heteroatoms. The number of nitrogens with two attached hydrogens (primary N) is 1. The summed E-state index contributed by atoms with van der Waals surface area (Å²) in [4.78, 5) is 2.25. The molecule has 2 fully saturated rings. The molecule has 1 aliphatic heterocycles. The van der Waals surface area contributed by atoms with Crippen LogP contribution in [0.3, 0.4) is 0 Å². The molecule has 1 saturated heterocycles. The van der Waals surface area contributed by atoms with Crippen molar-refractivity contribution in [1.82, 2.24) is 4.90 Å². The lowest BCUT2D eigenvalue weighted by Crippen LogP contribution is -2.47. The molecule has 100 valence electrons. The smallest absolute Gasteiger partial charge is 0.152 e. The van der Waals surface area contributed by atoms with Gasteiger partial charge in [0.05, 0.1) is 11.5 Å². The Kier molecular flexibility index (Phi) is 4.10. The van der Waals surface area contributed by atoms with Gasteiger partial charge in [0.1, 0.15) is 0 Å². The van der Waals surface area contributed by atoms with E-state index in [1.807, 2.05) is 0 Å². The van der Waals surface area contributed by atoms with E-state index >= 15 is 0 Å². The highest BCUT2D eigenvalue weighted by Gasteiger charge is 2.29. The van der Waals surface area contributed by atoms with E-state index in [0.717, 1.165) is 25.8 Å². The van der Waals surface area contributed by atoms with Gasteiger partial charge in [-0.1, -0.05) is 19.3 Å². The zero-order valence-corrected chi connectivity index (χ0v) is 11.3. The van der Waals surface area contributed by atoms with Crippen LogP contribution in [0.5, 0.6) is 0 Å². The summed E-state index contributed by atoms with van der Waals surface area (Å²) in [6, 6.07) is 0. The Morgan fingerprint density at radius 2 is 1.65 bits per heavy atom. The van der Waals surface area contributed by atoms with Crippen LogP contribution in [0.2, 0.25) is 0 Å². The Balaban J connectivity index is 1.75. The van der Waals surface area contributed by atoms with Gasteiger partial charge in [0.2, 0.25) is 0 Å². The summed E-state index contributed by atoms with van der Waals surface area (Å²) in [6.07, 6.45) is 7.13. The number of sulfone groups is 1. The van der Waals surface area contributed by atoms with Crippen molar-refractivity contribution < 1.29 is 8.42 Å². The first-order valence-electron chi connectivity index (χ1n) is 6.71. The second kappa shape index (κ2) is 5.24. The Morgan fingerprint density at radius 3 is 2.24 bits per heavy atom. The van der Waals surface area contributed by atoms with Gasteiger partial charge >= 0.3 is 0 Å². The number of hydrogen-bond donors (Lipinski definition) is 1. The third kappa shape index (κ3) is 3.93. The molecular weight excluding hydrogens is 236 g/mol. The van der Waals surface area contributed by atoms with E-state index in [1.165, 1.54) is 19.3 Å². The maximum absolute atomic E-state index is 11.3. The molecule has 1 saturated carbocycles. The molecule has 0 atom stereocenters. The van der Waals surface area contributed by atoms with Crippen LogP contribution in [0.25, 0.3) is 0 Å². The Labute approximate surface area is 104 Å². The van der Waals surface area contributed by atoms with E-state index in [9.17, 15) is 8.42 Å². The maximum atomic E-state index is 11.3. The highest BCUT2D eigenvalue weighted by atomic mass is 32.2. The van der Waals surface area contributed by atoms with Crippen LogP contribution in [0, 0.1) is 0 Å². The fraction of sp³-hybridized carbons (Fsp3) is 1.00. The van der Waals surface area contributed by atoms with Crippen molar-refractivity contribution in [3.8, 4) is 0 Å². The van der Waals surface area contributed by atoms with Crippen molar-refractivity contribution in [3.05, 3.63) is 0 Å². The quantitative estimate of drug-likeness (QED) is 0.814. The Morgan fingerprint density at radius 1 is 1.06 bits per heavy atom. The molecule has 0 aromatic carbocycles. The van der Waals surface area contributed by atoms with E-state index in [4.69, 9.17) is 5.73 Å². The number of hydrogen-bond acceptors (Lipinski definition) is 4. The lowest BCUT2D eigenvalue weighted by molar-refractivity contribution is 0.216. The maximum Gasteiger partial charge on any atom is 0.152 e. The van der Waals surface area contributed by atoms with E-state index in [0.29, 0.717) is 24.6 Å². The molecule has 0 spiro atoms. The Hall–Kier alpha value is -0.130. The summed E-state index contributed by atoms with van der Waals surface area (Å²) in [5.41, 5.74) is 6.41. The monoisotopic (exact) mass is 260 g/mol. The molecule has 1 heterocycles. The summed E-state index contributed by atoms with van der Waals surface area (Å²) in [5.74, 6) is 0.648. The zero-order valence-electron chi connectivity index (χ0n) is 10.5. The van der Waals surface area contributed by atoms with Crippen molar-refractivity contribution in [3.63, 3.8) is 0 Å². The molecule has 2 N–H and O–H groups in total. The van der Waals surface area contributed by atoms with Gasteiger partial charge in [0, 0.05) is 18.6 Å². The summed E-state index contributed by atoms with van der Waals surface area (Å²) in [6.45, 7) is 2.35. The van der Waals surface area contributed by atoms with Crippen molar-refractivity contribution in [2.24, 2.45) is 5.73 Å². The van der Waals surface area contributed by atoms with Crippen LogP contribution < -0.4 is 5.73 Å². The largest absolute Gasteiger partial charge is 0.325 e. The molecule has 0 aromatic rings. The second-order valence-corrected chi connectivity index (χ2v) is 7.97. The van der Waals surface area contributed by atoms with Crippen LogP contribution in [0.4, 0.5) is 0 Å². The van der Waals surface area contributed by atoms with Gasteiger partial charge in [-0.2, -0.15) is 0 Å². The lowest BCUT2D eigenvalue weighted by atomic mass is 9.80. The standard InChI is InChI=1S/C12H24N2O2S/c13-12(4-2-1-3-5-12)6-7-14-8-10-17(15,16)11-9-14/h1-11,13H2. The summed E-state index contributed by atoms with van der Waals surface area (Å²) in [7, 11) is -2.75. The summed E-state index contributed by atoms with van der Waals surface area (Å²) in [5, 5.41) is 0. The third-order valence-corrected chi connectivity index (χ3v) is 5.82. The Bertz CT molecular complexity index is 334. The van der Waals surface area contributed by atoms with Crippen molar-refractivity contribution in [2.45, 2.75) is 44.1 Å². The number of nitrogens with zero attached hydrogens (tertiary/aromatic N) is 1. The van der Waals surface area contributed by atoms with Gasteiger partial charge in [0.25, 0.3) is 0 Å². The van der Waals surface area contributed by atoms with Gasteiger partial charge in [-0.25, -0.2) is 8.42 Å². The molecule has 2 rings (SSSR count). The molecule has 0 aromatic heterocycles. The first-order chi connectivity index (χ1) is 7.99. The van der Waals surface area contributed by atoms with E-state index in [1.54, 1.807) is 0 Å². The molecule has 0 amide bonds. The molecule has 2 aliphatic rings. The third-order valence-electron chi connectivity index (χ3n) is 4.21. The molecule has 1 aliphatic carbocycles. The molecular formula is C12H24N2O2S. The molecule has 0 unspecified atom stereocenters. The van der Waals surface area contributed by atoms with Gasteiger partial charge in [0.15, 0.2) is 9.84 Å². The number of rotatable bonds is 3. The lowest BCUT2D eigenvalue weighted by Gasteiger charge is -2.36. The fourth-order valence-corrected chi connectivity index (χ4v) is 4.14. The van der Waals surface area contributed by atoms with Crippen molar-refractivity contribution >= 4 is 9.84 Å². The minimum atomic E-state index is -2.75. The molecule has 17 heavy (non-hydrogen) atoms. The van der Waals surface area contributed by atoms with Gasteiger partial charge in [-0.3, -0.25) is 0 Å². The van der Waals surface area contributed by atoms with Crippen LogP contribution in [-0.2, 0) is 9.84 Å². The average molecular weight is 260 g/mol. The zero-order chi connectivity index (χ0) is 12.4. The van der Waals surface area contributed by atoms with Crippen LogP contribution in [-0.4, -0.2) is 50.0 Å². The highest BCUT2D eigenvalue weighted by molar-refractivity contribution is 7.91. The highest BCUT2D eigenvalue weighted by Crippen LogP contribution is 2.28.